The van der Waals surface area contributed by atoms with Gasteiger partial charge in [0, 0.05) is 119 Å². The van der Waals surface area contributed by atoms with Gasteiger partial charge in [-0.2, -0.15) is 0 Å². The Morgan fingerprint density at radius 2 is 1.53 bits per heavy atom. The zero-order valence-corrected chi connectivity index (χ0v) is 58.1. The predicted molar refractivity (Wildman–Crippen MR) is 361 cm³/mol. The number of piperidine rings is 1. The van der Waals surface area contributed by atoms with Crippen molar-refractivity contribution in [3.8, 4) is 17.2 Å². The monoisotopic (exact) mass is 1390 g/mol. The standard InChI is InChI=1S/C71H90N10O19/c1-36(2)53(76-47(83)20-13-12-14-31-81-48(84)25-26-49(81)85)66(92)75-45(19-16-30-73-67(72)93)65(91)74-44-23-21-43(22-24-44)35-96-68(94)80-32-28-71(29-33-80)78-54-50-51-58(87)56(55(54)79-71)77-64(90)38(4)18-15-17-37(3)57(86)40(6)61(88)69(9)63(98-42(8)82)39(5)46(95-11)27-34-97-70(10)62(89)52(50)60(100-70)41(7)59(51)99-69/h15,17-18,21-27,34,36-37,39-40,45-46,53,57,61,63,86-88H,12-14,16,19-20,28-33,35H2,1-11H3,(H,74,91)(H,75,92)(H,76,83)(H,77,90)(H3,72,73,93)/b17-15+,34-27+,38-18-/t37-,39-,40+,45-,46-,53-,57-,61+,63+,69-,70-/m0/s1. The third kappa shape index (κ3) is 15.8. The number of benzene rings is 3. The lowest BCUT2D eigenvalue weighted by atomic mass is 9.75. The second-order valence-corrected chi connectivity index (χ2v) is 27.1. The highest BCUT2D eigenvalue weighted by atomic mass is 16.7. The van der Waals surface area contributed by atoms with Crippen molar-refractivity contribution >= 4 is 81.5 Å². The van der Waals surface area contributed by atoms with Crippen LogP contribution in [0.1, 0.15) is 135 Å². The summed E-state index contributed by atoms with van der Waals surface area (Å²) in [5, 5.41) is 51.4. The van der Waals surface area contributed by atoms with Gasteiger partial charge >= 0.3 is 23.9 Å². The van der Waals surface area contributed by atoms with Crippen LogP contribution in [0.25, 0.3) is 10.8 Å². The van der Waals surface area contributed by atoms with Gasteiger partial charge in [0.1, 0.15) is 53.4 Å². The average molecular weight is 1390 g/mol. The first-order valence-electron chi connectivity index (χ1n) is 33.6. The fourth-order valence-electron chi connectivity index (χ4n) is 13.5. The Balaban J connectivity index is 0.951. The molecule has 0 radical (unpaired) electrons. The van der Waals surface area contributed by atoms with E-state index in [0.29, 0.717) is 30.5 Å². The number of urea groups is 1. The van der Waals surface area contributed by atoms with Crippen molar-refractivity contribution in [3.63, 3.8) is 0 Å². The van der Waals surface area contributed by atoms with Gasteiger partial charge < -0.3 is 81.0 Å². The van der Waals surface area contributed by atoms with Gasteiger partial charge in [-0.3, -0.25) is 53.2 Å². The number of methoxy groups -OCH3 is 1. The van der Waals surface area contributed by atoms with Gasteiger partial charge in [-0.1, -0.05) is 71.4 Å². The summed E-state index contributed by atoms with van der Waals surface area (Å²) in [4.78, 5) is 146. The third-order valence-electron chi connectivity index (χ3n) is 19.4. The maximum atomic E-state index is 15.2. The van der Waals surface area contributed by atoms with E-state index in [9.17, 15) is 58.5 Å². The number of primary amides is 1. The van der Waals surface area contributed by atoms with E-state index in [1.807, 2.05) is 0 Å². The Kier molecular flexibility index (Phi) is 22.9. The summed E-state index contributed by atoms with van der Waals surface area (Å²) in [5.41, 5.74) is 2.72. The first-order chi connectivity index (χ1) is 47.3. The van der Waals surface area contributed by atoms with Crippen molar-refractivity contribution in [2.24, 2.45) is 39.4 Å². The van der Waals surface area contributed by atoms with Crippen LogP contribution < -0.4 is 52.5 Å². The molecule has 11 atom stereocenters. The van der Waals surface area contributed by atoms with Gasteiger partial charge in [0.15, 0.2) is 17.0 Å². The molecular weight excluding hydrogens is 1300 g/mol. The summed E-state index contributed by atoms with van der Waals surface area (Å²) in [6.45, 7) is 16.0. The summed E-state index contributed by atoms with van der Waals surface area (Å²) in [6.07, 6.45) is 6.00. The number of nitrogens with zero attached hydrogens (tertiary/aromatic N) is 4. The molecule has 6 heterocycles. The number of anilines is 2. The molecule has 538 valence electrons. The first kappa shape index (κ1) is 74.5. The number of hydrogen-bond acceptors (Lipinski definition) is 21. The second-order valence-electron chi connectivity index (χ2n) is 27.1. The smallest absolute Gasteiger partial charge is 0.410 e. The third-order valence-corrected chi connectivity index (χ3v) is 19.4. The van der Waals surface area contributed by atoms with E-state index in [0.717, 1.165) is 4.90 Å². The number of hydrogen-bond donors (Lipinski definition) is 9. The Bertz CT molecular complexity index is 3990. The normalized spacial score (nSPS) is 26.3. The molecule has 3 aromatic rings. The number of Topliss-reactive ketones (excluding diaryl/α,β-unsaturated/α-hetero) is 1. The lowest BCUT2D eigenvalue weighted by Crippen LogP contribution is -2.62. The average Bonchev–Trinajstić information content (AvgIpc) is 1.49. The van der Waals surface area contributed by atoms with E-state index in [1.165, 1.54) is 63.3 Å². The Hall–Kier alpha value is -9.74. The molecule has 0 saturated carbocycles. The molecule has 6 aliphatic heterocycles. The highest BCUT2D eigenvalue weighted by Crippen LogP contribution is 2.53. The number of phenols is 1. The number of amides is 9. The number of phenolic OH excluding ortho intramolecular Hbond substituents is 1. The number of likely N-dealkylation sites (tertiary alicyclic amines) is 1. The highest BCUT2D eigenvalue weighted by molar-refractivity contribution is 6.20. The van der Waals surface area contributed by atoms with Crippen LogP contribution in [0, 0.1) is 30.6 Å². The lowest BCUT2D eigenvalue weighted by molar-refractivity contribution is -0.195. The van der Waals surface area contributed by atoms with Crippen LogP contribution in [0.2, 0.25) is 0 Å². The summed E-state index contributed by atoms with van der Waals surface area (Å²) in [6, 6.07) is 3.52. The molecule has 29 nitrogen and oxygen atoms in total. The van der Waals surface area contributed by atoms with E-state index in [-0.39, 0.29) is 138 Å². The molecule has 0 aromatic heterocycles. The SMILES string of the molecule is CO[C@H]1/C=C/O[C@@]2(C)Oc3c(C)c4c5c(O)c(c6c(c5c3C2=O)=NC2(CCN(C(=O)OCc3ccc(NC(=O)[C@H](CCCNC(N)=O)NC(=O)[C@@H](NC(=O)CCCCCN5C(=O)C=CC5=O)C(C)C)cc3)CC2)N=6)NC(=O)/C(C)=C\C=C\[C@H](C)[C@H](O)[C@@H](C)[C@@H](O)[C@](C)(O4)[C@H](OC(C)=O)[C@H]1C. The lowest BCUT2D eigenvalue weighted by Gasteiger charge is -2.47. The molecule has 1 fully saturated rings. The zero-order chi connectivity index (χ0) is 72.9. The van der Waals surface area contributed by atoms with Crippen LogP contribution in [-0.2, 0) is 59.1 Å². The number of fused-ring (bicyclic) bond motifs is 7. The summed E-state index contributed by atoms with van der Waals surface area (Å²) in [7, 11) is 1.41. The fourth-order valence-corrected chi connectivity index (χ4v) is 13.5. The number of esters is 1. The number of allylic oxidation sites excluding steroid dienone is 2. The number of ketones is 1. The molecule has 10 N–H and O–H groups in total. The van der Waals surface area contributed by atoms with E-state index >= 15 is 4.79 Å². The fraction of sp³-hybridized carbons (Fsp3) is 0.521. The molecule has 1 saturated heterocycles. The van der Waals surface area contributed by atoms with E-state index < -0.39 is 125 Å². The molecule has 3 aromatic carbocycles. The summed E-state index contributed by atoms with van der Waals surface area (Å²) in [5.74, 6) is -10.3. The Labute approximate surface area is 578 Å². The Morgan fingerprint density at radius 3 is 2.18 bits per heavy atom. The second kappa shape index (κ2) is 30.8. The van der Waals surface area contributed by atoms with Crippen molar-refractivity contribution in [3.05, 3.63) is 100.0 Å². The molecule has 9 rings (SSSR count). The molecule has 6 bridgehead atoms. The van der Waals surface area contributed by atoms with Crippen molar-refractivity contribution < 1.29 is 91.7 Å². The molecule has 29 heteroatoms. The number of nitrogens with two attached hydrogens (primary N) is 1. The number of rotatable bonds is 20. The van der Waals surface area contributed by atoms with Gasteiger partial charge in [0.05, 0.1) is 34.8 Å². The number of carbonyl (C=O) groups excluding carboxylic acids is 10. The number of nitrogens with one attached hydrogen (secondary N) is 5. The number of aromatic hydroxyl groups is 1. The maximum absolute atomic E-state index is 15.2. The number of ether oxygens (including phenoxy) is 6. The van der Waals surface area contributed by atoms with Crippen LogP contribution >= 0.6 is 0 Å². The summed E-state index contributed by atoms with van der Waals surface area (Å²) >= 11 is 0. The minimum Gasteiger partial charge on any atom is -0.505 e. The largest absolute Gasteiger partial charge is 0.505 e. The van der Waals surface area contributed by atoms with Crippen molar-refractivity contribution in [1.29, 1.82) is 0 Å². The first-order valence-corrected chi connectivity index (χ1v) is 33.6. The van der Waals surface area contributed by atoms with Gasteiger partial charge in [-0.15, -0.1) is 0 Å². The number of unbranched alkanes of at least 4 members (excludes halogenated alkanes) is 2. The minimum atomic E-state index is -2.06. The maximum Gasteiger partial charge on any atom is 0.410 e. The summed E-state index contributed by atoms with van der Waals surface area (Å²) < 4.78 is 37.8. The van der Waals surface area contributed by atoms with Gasteiger partial charge in [-0.25, -0.2) is 9.59 Å². The van der Waals surface area contributed by atoms with Crippen LogP contribution in [0.15, 0.2) is 82.5 Å². The molecule has 0 aliphatic carbocycles. The number of carbonyl (C=O) groups is 10. The molecule has 100 heavy (non-hydrogen) atoms. The van der Waals surface area contributed by atoms with E-state index in [1.54, 1.807) is 84.9 Å². The van der Waals surface area contributed by atoms with E-state index in [4.69, 9.17) is 44.1 Å². The van der Waals surface area contributed by atoms with Crippen LogP contribution in [0.5, 0.6) is 17.2 Å². The molecule has 0 unspecified atom stereocenters. The molecule has 6 aliphatic rings. The van der Waals surface area contributed by atoms with Crippen molar-refractivity contribution in [2.75, 3.05) is 43.9 Å². The number of imide groups is 1. The van der Waals surface area contributed by atoms with E-state index in [2.05, 4.69) is 26.6 Å². The van der Waals surface area contributed by atoms with Gasteiger partial charge in [0.25, 0.3) is 23.5 Å². The van der Waals surface area contributed by atoms with Crippen molar-refractivity contribution in [1.82, 2.24) is 25.8 Å². The van der Waals surface area contributed by atoms with Crippen LogP contribution in [-0.4, -0.2) is 171 Å². The quantitative estimate of drug-likeness (QED) is 0.0319. The molecule has 1 spiro atoms. The Morgan fingerprint density at radius 1 is 0.850 bits per heavy atom. The zero-order valence-electron chi connectivity index (χ0n) is 58.1. The predicted octanol–water partition coefficient (Wildman–Crippen LogP) is 4.74. The van der Waals surface area contributed by atoms with Gasteiger partial charge in [-0.05, 0) is 76.1 Å². The highest BCUT2D eigenvalue weighted by Gasteiger charge is 2.56. The van der Waals surface area contributed by atoms with Gasteiger partial charge in [0.2, 0.25) is 17.7 Å². The molecular formula is C71H90N10O19. The van der Waals surface area contributed by atoms with Crippen molar-refractivity contribution in [2.45, 2.75) is 181 Å². The van der Waals surface area contributed by atoms with Crippen LogP contribution in [0.4, 0.5) is 21.0 Å². The number of aliphatic hydroxyl groups excluding tert-OH is 2. The molecule has 9 amide bonds. The minimum absolute atomic E-state index is 0.00639. The topological polar surface area (TPSA) is 404 Å². The number of aliphatic hydroxyl groups is 2. The van der Waals surface area contributed by atoms with Crippen LogP contribution in [0.3, 0.4) is 0 Å².